The fraction of sp³-hybridized carbons (Fsp3) is 0.296. The minimum Gasteiger partial charge on any atom is -0.398 e. The second-order valence-electron chi connectivity index (χ2n) is 9.47. The van der Waals surface area contributed by atoms with Gasteiger partial charge in [0.15, 0.2) is 11.7 Å². The number of likely N-dealkylation sites (tertiary alicyclic amines) is 1. The molecular formula is C27H32N6O4S. The number of nitrogens with one attached hydrogen (secondary N) is 2. The topological polar surface area (TPSA) is 163 Å². The third kappa shape index (κ3) is 5.95. The summed E-state index contributed by atoms with van der Waals surface area (Å²) in [6.07, 6.45) is 0.970. The van der Waals surface area contributed by atoms with E-state index in [1.807, 2.05) is 18.2 Å². The lowest BCUT2D eigenvalue weighted by atomic mass is 10.00. The number of hydrogen-bond donors (Lipinski definition) is 4. The number of rotatable bonds is 8. The monoisotopic (exact) mass is 536 g/mol. The molecule has 1 aliphatic rings. The fourth-order valence-electron chi connectivity index (χ4n) is 4.73. The number of hydrogen-bond acceptors (Lipinski definition) is 6. The number of anilines is 1. The maximum absolute atomic E-state index is 13.7. The van der Waals surface area contributed by atoms with E-state index < -0.39 is 34.2 Å². The van der Waals surface area contributed by atoms with Crippen molar-refractivity contribution >= 4 is 44.1 Å². The second kappa shape index (κ2) is 11.2. The van der Waals surface area contributed by atoms with Crippen molar-refractivity contribution in [3.8, 4) is 0 Å². The van der Waals surface area contributed by atoms with Crippen LogP contribution in [0.3, 0.4) is 0 Å². The maximum atomic E-state index is 13.7. The first kappa shape index (κ1) is 27.1. The zero-order valence-corrected chi connectivity index (χ0v) is 21.9. The molecule has 1 saturated heterocycles. The number of carbonyl (C=O) groups excluding carboxylic acids is 2. The van der Waals surface area contributed by atoms with Crippen molar-refractivity contribution in [2.45, 2.75) is 36.2 Å². The summed E-state index contributed by atoms with van der Waals surface area (Å²) in [5.41, 5.74) is 12.1. The smallest absolute Gasteiger partial charge is 0.241 e. The van der Waals surface area contributed by atoms with E-state index in [1.54, 1.807) is 48.3 Å². The maximum Gasteiger partial charge on any atom is 0.241 e. The van der Waals surface area contributed by atoms with Gasteiger partial charge in [-0.2, -0.15) is 4.72 Å². The number of benzene rings is 3. The number of guanidine groups is 1. The van der Waals surface area contributed by atoms with Crippen LogP contribution in [0.4, 0.5) is 5.69 Å². The average molecular weight is 537 g/mol. The number of fused-ring (bicyclic) bond motifs is 1. The molecule has 0 spiro atoms. The predicted molar refractivity (Wildman–Crippen MR) is 147 cm³/mol. The van der Waals surface area contributed by atoms with Crippen molar-refractivity contribution in [3.63, 3.8) is 0 Å². The van der Waals surface area contributed by atoms with Crippen LogP contribution in [0.1, 0.15) is 29.6 Å². The standard InChI is InChI=1S/C27H32N6O4S/c1-32(20-9-6-14-33(17-20)27(29)30)26(35)24(16-25(34)22-10-4-5-11-23(22)28)31-38(36,37)21-13-12-18-7-2-3-8-19(18)15-21/h2-5,7-8,10-13,15,20,24,31H,6,9,14,16-17,28H2,1H3,(H3,29,30). The predicted octanol–water partition coefficient (Wildman–Crippen LogP) is 2.16. The summed E-state index contributed by atoms with van der Waals surface area (Å²) in [6, 6.07) is 16.9. The molecule has 2 unspecified atom stereocenters. The molecule has 0 radical (unpaired) electrons. The highest BCUT2D eigenvalue weighted by Crippen LogP contribution is 2.22. The number of nitrogen functional groups attached to an aromatic ring is 1. The van der Waals surface area contributed by atoms with Crippen LogP contribution in [0.25, 0.3) is 10.8 Å². The van der Waals surface area contributed by atoms with Gasteiger partial charge >= 0.3 is 0 Å². The Morgan fingerprint density at radius 1 is 1.11 bits per heavy atom. The number of para-hydroxylation sites is 1. The number of piperidine rings is 1. The highest BCUT2D eigenvalue weighted by Gasteiger charge is 2.35. The molecule has 1 aliphatic heterocycles. The summed E-state index contributed by atoms with van der Waals surface area (Å²) in [4.78, 5) is 30.0. The molecule has 1 fully saturated rings. The summed E-state index contributed by atoms with van der Waals surface area (Å²) in [6.45, 7) is 0.957. The van der Waals surface area contributed by atoms with Crippen molar-refractivity contribution in [2.75, 3.05) is 25.9 Å². The molecule has 1 heterocycles. The van der Waals surface area contributed by atoms with Crippen molar-refractivity contribution in [1.29, 1.82) is 5.41 Å². The molecule has 0 saturated carbocycles. The van der Waals surface area contributed by atoms with E-state index in [2.05, 4.69) is 4.72 Å². The van der Waals surface area contributed by atoms with Gasteiger partial charge in [0.1, 0.15) is 6.04 Å². The van der Waals surface area contributed by atoms with Crippen LogP contribution in [0.5, 0.6) is 0 Å². The van der Waals surface area contributed by atoms with Gasteiger partial charge in [0, 0.05) is 43.9 Å². The van der Waals surface area contributed by atoms with Crippen LogP contribution in [-0.4, -0.2) is 68.1 Å². The van der Waals surface area contributed by atoms with E-state index in [0.717, 1.165) is 17.2 Å². The van der Waals surface area contributed by atoms with E-state index >= 15 is 0 Å². The number of nitrogens with two attached hydrogens (primary N) is 2. The van der Waals surface area contributed by atoms with E-state index in [4.69, 9.17) is 16.9 Å². The SMILES string of the molecule is CN(C(=O)C(CC(=O)c1ccccc1N)NS(=O)(=O)c1ccc2ccccc2c1)C1CCCN(C(=N)N)C1. The van der Waals surface area contributed by atoms with Gasteiger partial charge in [-0.1, -0.05) is 42.5 Å². The Hall–Kier alpha value is -3.96. The summed E-state index contributed by atoms with van der Waals surface area (Å²) < 4.78 is 29.4. The lowest BCUT2D eigenvalue weighted by Gasteiger charge is -2.39. The molecule has 11 heteroatoms. The summed E-state index contributed by atoms with van der Waals surface area (Å²) in [5, 5.41) is 9.35. The second-order valence-corrected chi connectivity index (χ2v) is 11.2. The summed E-state index contributed by atoms with van der Waals surface area (Å²) in [5.74, 6) is -1.09. The van der Waals surface area contributed by atoms with Crippen molar-refractivity contribution < 1.29 is 18.0 Å². The van der Waals surface area contributed by atoms with E-state index in [1.165, 1.54) is 17.0 Å². The molecular weight excluding hydrogens is 504 g/mol. The quantitative estimate of drug-likeness (QED) is 0.148. The molecule has 38 heavy (non-hydrogen) atoms. The summed E-state index contributed by atoms with van der Waals surface area (Å²) in [7, 11) is -2.59. The Morgan fingerprint density at radius 2 is 1.79 bits per heavy atom. The minimum atomic E-state index is -4.17. The van der Waals surface area contributed by atoms with Gasteiger partial charge in [0.25, 0.3) is 0 Å². The fourth-order valence-corrected chi connectivity index (χ4v) is 5.96. The number of ketones is 1. The average Bonchev–Trinajstić information content (AvgIpc) is 2.91. The van der Waals surface area contributed by atoms with Crippen LogP contribution >= 0.6 is 0 Å². The van der Waals surface area contributed by atoms with Crippen molar-refractivity contribution in [3.05, 3.63) is 72.3 Å². The Balaban J connectivity index is 1.63. The molecule has 3 aromatic rings. The molecule has 0 bridgehead atoms. The van der Waals surface area contributed by atoms with Gasteiger partial charge in [-0.3, -0.25) is 15.0 Å². The number of carbonyl (C=O) groups is 2. The Labute approximate surface area is 222 Å². The van der Waals surface area contributed by atoms with Crippen LogP contribution in [0, 0.1) is 5.41 Å². The number of nitrogens with zero attached hydrogens (tertiary/aromatic N) is 2. The first-order valence-electron chi connectivity index (χ1n) is 12.3. The van der Waals surface area contributed by atoms with Crippen molar-refractivity contribution in [1.82, 2.24) is 14.5 Å². The number of likely N-dealkylation sites (N-methyl/N-ethyl adjacent to an activating group) is 1. The van der Waals surface area contributed by atoms with Crippen LogP contribution < -0.4 is 16.2 Å². The molecule has 0 aromatic heterocycles. The number of sulfonamides is 1. The van der Waals surface area contributed by atoms with E-state index in [0.29, 0.717) is 19.5 Å². The van der Waals surface area contributed by atoms with E-state index in [9.17, 15) is 18.0 Å². The first-order valence-corrected chi connectivity index (χ1v) is 13.8. The third-order valence-corrected chi connectivity index (χ3v) is 8.38. The molecule has 200 valence electrons. The van der Waals surface area contributed by atoms with Gasteiger partial charge in [0.05, 0.1) is 4.90 Å². The Kier molecular flexibility index (Phi) is 7.98. The van der Waals surface area contributed by atoms with Gasteiger partial charge < -0.3 is 21.3 Å². The molecule has 4 rings (SSSR count). The van der Waals surface area contributed by atoms with Crippen molar-refractivity contribution in [2.24, 2.45) is 5.73 Å². The highest BCUT2D eigenvalue weighted by molar-refractivity contribution is 7.89. The largest absolute Gasteiger partial charge is 0.398 e. The summed E-state index contributed by atoms with van der Waals surface area (Å²) >= 11 is 0. The molecule has 2 atom stereocenters. The zero-order chi connectivity index (χ0) is 27.4. The lowest BCUT2D eigenvalue weighted by molar-refractivity contribution is -0.134. The molecule has 1 amide bonds. The molecule has 10 nitrogen and oxygen atoms in total. The Morgan fingerprint density at radius 3 is 2.50 bits per heavy atom. The zero-order valence-electron chi connectivity index (χ0n) is 21.1. The van der Waals surface area contributed by atoms with Crippen LogP contribution in [0.15, 0.2) is 71.6 Å². The highest BCUT2D eigenvalue weighted by atomic mass is 32.2. The number of Topliss-reactive ketones (excluding diaryl/α,β-unsaturated/α-hetero) is 1. The molecule has 3 aromatic carbocycles. The lowest BCUT2D eigenvalue weighted by Crippen LogP contribution is -2.56. The third-order valence-electron chi connectivity index (χ3n) is 6.91. The van der Waals surface area contributed by atoms with E-state index in [-0.39, 0.29) is 28.1 Å². The van der Waals surface area contributed by atoms with Gasteiger partial charge in [-0.25, -0.2) is 8.42 Å². The van der Waals surface area contributed by atoms with Gasteiger partial charge in [0.2, 0.25) is 15.9 Å². The van der Waals surface area contributed by atoms with Gasteiger partial charge in [-0.05, 0) is 47.9 Å². The van der Waals surface area contributed by atoms with Crippen LogP contribution in [0.2, 0.25) is 0 Å². The normalized spacial score (nSPS) is 16.7. The molecule has 0 aliphatic carbocycles. The first-order chi connectivity index (χ1) is 18.1. The van der Waals surface area contributed by atoms with Crippen LogP contribution in [-0.2, 0) is 14.8 Å². The van der Waals surface area contributed by atoms with Gasteiger partial charge in [-0.15, -0.1) is 0 Å². The Bertz CT molecular complexity index is 1480. The minimum absolute atomic E-state index is 0.0104. The molecule has 6 N–H and O–H groups in total. The number of amides is 1.